The number of piperidine rings is 1. The van der Waals surface area contributed by atoms with Crippen LogP contribution in [0, 0.1) is 5.92 Å². The SMILES string of the molecule is CS(=O)(=O)N1CCC(C(=O)Nc2ccc(-c3ccn[nH]3)cc2)CC1. The minimum absolute atomic E-state index is 0.0579. The minimum atomic E-state index is -3.17. The summed E-state index contributed by atoms with van der Waals surface area (Å²) in [6.45, 7) is 0.797. The predicted octanol–water partition coefficient (Wildman–Crippen LogP) is 1.69. The van der Waals surface area contributed by atoms with Crippen molar-refractivity contribution in [2.75, 3.05) is 24.7 Å². The van der Waals surface area contributed by atoms with Crippen molar-refractivity contribution in [1.29, 1.82) is 0 Å². The lowest BCUT2D eigenvalue weighted by Gasteiger charge is -2.29. The molecule has 1 saturated heterocycles. The smallest absolute Gasteiger partial charge is 0.227 e. The highest BCUT2D eigenvalue weighted by Crippen LogP contribution is 2.22. The van der Waals surface area contributed by atoms with Gasteiger partial charge in [-0.3, -0.25) is 9.89 Å². The van der Waals surface area contributed by atoms with Crippen LogP contribution in [0.4, 0.5) is 5.69 Å². The summed E-state index contributed by atoms with van der Waals surface area (Å²) >= 11 is 0. The molecule has 1 aromatic carbocycles. The molecule has 2 aromatic rings. The number of aromatic nitrogens is 2. The molecule has 2 heterocycles. The van der Waals surface area contributed by atoms with Crippen molar-refractivity contribution < 1.29 is 13.2 Å². The van der Waals surface area contributed by atoms with Crippen LogP contribution in [0.25, 0.3) is 11.3 Å². The summed E-state index contributed by atoms with van der Waals surface area (Å²) in [6.07, 6.45) is 3.98. The van der Waals surface area contributed by atoms with Gasteiger partial charge in [0.25, 0.3) is 0 Å². The number of amides is 1. The van der Waals surface area contributed by atoms with Gasteiger partial charge in [-0.15, -0.1) is 0 Å². The van der Waals surface area contributed by atoms with E-state index in [-0.39, 0.29) is 11.8 Å². The second-order valence-electron chi connectivity index (χ2n) is 5.97. The van der Waals surface area contributed by atoms with Crippen LogP contribution < -0.4 is 5.32 Å². The highest BCUT2D eigenvalue weighted by Gasteiger charge is 2.28. The van der Waals surface area contributed by atoms with E-state index >= 15 is 0 Å². The molecule has 24 heavy (non-hydrogen) atoms. The molecular formula is C16H20N4O3S. The third-order valence-electron chi connectivity index (χ3n) is 4.26. The average molecular weight is 348 g/mol. The molecule has 0 bridgehead atoms. The number of anilines is 1. The van der Waals surface area contributed by atoms with Crippen LogP contribution in [0.1, 0.15) is 12.8 Å². The van der Waals surface area contributed by atoms with E-state index in [0.29, 0.717) is 25.9 Å². The number of hydrogen-bond donors (Lipinski definition) is 2. The molecule has 1 aliphatic heterocycles. The molecule has 0 radical (unpaired) electrons. The van der Waals surface area contributed by atoms with Gasteiger partial charge in [-0.05, 0) is 36.6 Å². The maximum atomic E-state index is 12.3. The number of rotatable bonds is 4. The lowest BCUT2D eigenvalue weighted by Crippen LogP contribution is -2.40. The maximum Gasteiger partial charge on any atom is 0.227 e. The highest BCUT2D eigenvalue weighted by atomic mass is 32.2. The fourth-order valence-corrected chi connectivity index (χ4v) is 3.72. The van der Waals surface area contributed by atoms with Gasteiger partial charge < -0.3 is 5.32 Å². The normalized spacial score (nSPS) is 16.9. The van der Waals surface area contributed by atoms with Crippen molar-refractivity contribution in [3.05, 3.63) is 36.5 Å². The summed E-state index contributed by atoms with van der Waals surface area (Å²) in [5, 5.41) is 9.71. The third-order valence-corrected chi connectivity index (χ3v) is 5.56. The number of nitrogens with zero attached hydrogens (tertiary/aromatic N) is 2. The van der Waals surface area contributed by atoms with Crippen LogP contribution in [0.15, 0.2) is 36.5 Å². The second kappa shape index (κ2) is 6.74. The molecule has 0 atom stereocenters. The van der Waals surface area contributed by atoms with Crippen molar-refractivity contribution in [2.24, 2.45) is 5.92 Å². The van der Waals surface area contributed by atoms with Gasteiger partial charge in [-0.1, -0.05) is 12.1 Å². The Hall–Kier alpha value is -2.19. The van der Waals surface area contributed by atoms with Gasteiger partial charge in [0.05, 0.1) is 11.9 Å². The second-order valence-corrected chi connectivity index (χ2v) is 7.96. The molecule has 0 unspecified atom stereocenters. The Morgan fingerprint density at radius 3 is 2.42 bits per heavy atom. The summed E-state index contributed by atoms with van der Waals surface area (Å²) in [6, 6.07) is 9.40. The van der Waals surface area contributed by atoms with Gasteiger partial charge in [0.1, 0.15) is 0 Å². The van der Waals surface area contributed by atoms with Gasteiger partial charge in [-0.25, -0.2) is 12.7 Å². The fraction of sp³-hybridized carbons (Fsp3) is 0.375. The maximum absolute atomic E-state index is 12.3. The molecule has 1 fully saturated rings. The van der Waals surface area contributed by atoms with E-state index in [1.165, 1.54) is 10.6 Å². The van der Waals surface area contributed by atoms with Gasteiger partial charge in [0.15, 0.2) is 0 Å². The number of benzene rings is 1. The molecule has 7 nitrogen and oxygen atoms in total. The molecule has 2 N–H and O–H groups in total. The lowest BCUT2D eigenvalue weighted by molar-refractivity contribution is -0.120. The molecular weight excluding hydrogens is 328 g/mol. The van der Waals surface area contributed by atoms with Crippen LogP contribution >= 0.6 is 0 Å². The van der Waals surface area contributed by atoms with E-state index in [2.05, 4.69) is 15.5 Å². The lowest BCUT2D eigenvalue weighted by atomic mass is 9.97. The monoisotopic (exact) mass is 348 g/mol. The summed E-state index contributed by atoms with van der Waals surface area (Å²) in [4.78, 5) is 12.3. The number of carbonyl (C=O) groups excluding carboxylic acids is 1. The van der Waals surface area contributed by atoms with Gasteiger partial charge in [-0.2, -0.15) is 5.10 Å². The number of hydrogen-bond acceptors (Lipinski definition) is 4. The minimum Gasteiger partial charge on any atom is -0.326 e. The topological polar surface area (TPSA) is 95.2 Å². The van der Waals surface area contributed by atoms with Crippen molar-refractivity contribution in [3.63, 3.8) is 0 Å². The van der Waals surface area contributed by atoms with E-state index in [1.807, 2.05) is 30.3 Å². The Kier molecular flexibility index (Phi) is 4.68. The Balaban J connectivity index is 1.58. The molecule has 1 amide bonds. The Morgan fingerprint density at radius 2 is 1.88 bits per heavy atom. The zero-order valence-electron chi connectivity index (χ0n) is 13.4. The third kappa shape index (κ3) is 3.82. The van der Waals surface area contributed by atoms with Crippen molar-refractivity contribution in [3.8, 4) is 11.3 Å². The van der Waals surface area contributed by atoms with E-state index in [1.54, 1.807) is 6.20 Å². The molecule has 3 rings (SSSR count). The van der Waals surface area contributed by atoms with Crippen molar-refractivity contribution in [2.45, 2.75) is 12.8 Å². The first-order valence-electron chi connectivity index (χ1n) is 7.79. The average Bonchev–Trinajstić information content (AvgIpc) is 3.09. The number of carbonyl (C=O) groups is 1. The molecule has 0 saturated carbocycles. The zero-order chi connectivity index (χ0) is 17.2. The summed E-state index contributed by atoms with van der Waals surface area (Å²) < 4.78 is 24.4. The van der Waals surface area contributed by atoms with Gasteiger partial charge in [0.2, 0.25) is 15.9 Å². The number of sulfonamides is 1. The first kappa shape index (κ1) is 16.7. The largest absolute Gasteiger partial charge is 0.326 e. The van der Waals surface area contributed by atoms with Gasteiger partial charge in [0, 0.05) is 30.9 Å². The Bertz CT molecular complexity index is 792. The molecule has 1 aromatic heterocycles. The van der Waals surface area contributed by atoms with Crippen molar-refractivity contribution >= 4 is 21.6 Å². The summed E-state index contributed by atoms with van der Waals surface area (Å²) in [5.41, 5.74) is 2.64. The van der Waals surface area contributed by atoms with E-state index in [4.69, 9.17) is 0 Å². The number of aromatic amines is 1. The standard InChI is InChI=1S/C16H20N4O3S/c1-24(22,23)20-10-7-13(8-11-20)16(21)18-14-4-2-12(3-5-14)15-6-9-17-19-15/h2-6,9,13H,7-8,10-11H2,1H3,(H,17,19)(H,18,21). The van der Waals surface area contributed by atoms with Crippen molar-refractivity contribution in [1.82, 2.24) is 14.5 Å². The van der Waals surface area contributed by atoms with Crippen LogP contribution in [0.2, 0.25) is 0 Å². The first-order valence-corrected chi connectivity index (χ1v) is 9.64. The quantitative estimate of drug-likeness (QED) is 0.879. The fourth-order valence-electron chi connectivity index (χ4n) is 2.84. The highest BCUT2D eigenvalue weighted by molar-refractivity contribution is 7.88. The molecule has 0 spiro atoms. The predicted molar refractivity (Wildman–Crippen MR) is 91.8 cm³/mol. The first-order chi connectivity index (χ1) is 11.4. The number of nitrogens with one attached hydrogen (secondary N) is 2. The number of H-pyrrole nitrogens is 1. The Labute approximate surface area is 141 Å². The van der Waals surface area contributed by atoms with E-state index in [0.717, 1.165) is 16.9 Å². The summed E-state index contributed by atoms with van der Waals surface area (Å²) in [5.74, 6) is -0.215. The summed E-state index contributed by atoms with van der Waals surface area (Å²) in [7, 11) is -3.17. The Morgan fingerprint density at radius 1 is 1.21 bits per heavy atom. The molecule has 1 aliphatic rings. The molecule has 0 aliphatic carbocycles. The molecule has 128 valence electrons. The van der Waals surface area contributed by atoms with E-state index < -0.39 is 10.0 Å². The van der Waals surface area contributed by atoms with Crippen LogP contribution in [-0.4, -0.2) is 48.2 Å². The molecule has 8 heteroatoms. The zero-order valence-corrected chi connectivity index (χ0v) is 14.2. The van der Waals surface area contributed by atoms with Crippen LogP contribution in [0.3, 0.4) is 0 Å². The van der Waals surface area contributed by atoms with E-state index in [9.17, 15) is 13.2 Å². The van der Waals surface area contributed by atoms with Crippen LogP contribution in [-0.2, 0) is 14.8 Å². The van der Waals surface area contributed by atoms with Gasteiger partial charge >= 0.3 is 0 Å². The van der Waals surface area contributed by atoms with Crippen LogP contribution in [0.5, 0.6) is 0 Å².